The molecule has 2 amide bonds. The number of hydrogen-bond donors (Lipinski definition) is 4. The maximum Gasteiger partial charge on any atom is 0.303 e. The third kappa shape index (κ3) is 20.8. The van der Waals surface area contributed by atoms with Gasteiger partial charge in [0.2, 0.25) is 13.2 Å². The van der Waals surface area contributed by atoms with Crippen molar-refractivity contribution >= 4 is 17.8 Å². The van der Waals surface area contributed by atoms with E-state index in [0.29, 0.717) is 58.2 Å². The number of amides is 2. The molecular formula is C28H48N2O6. The van der Waals surface area contributed by atoms with Crippen LogP contribution >= 0.6 is 0 Å². The molecule has 0 bridgehead atoms. The van der Waals surface area contributed by atoms with E-state index in [9.17, 15) is 19.5 Å². The number of rotatable bonds is 15. The molecule has 1 aliphatic heterocycles. The molecule has 0 aromatic rings. The normalized spacial score (nSPS) is 14.3. The number of nitrogens with one attached hydrogen (secondary N) is 1. The van der Waals surface area contributed by atoms with Gasteiger partial charge < -0.3 is 25.5 Å². The molecule has 8 nitrogen and oxygen atoms in total. The molecule has 8 heteroatoms. The summed E-state index contributed by atoms with van der Waals surface area (Å²) >= 11 is 0. The number of aliphatic carboxylic acids is 1. The molecule has 1 aliphatic rings. The molecule has 1 fully saturated rings. The Bertz CT molecular complexity index is 707. The van der Waals surface area contributed by atoms with Crippen molar-refractivity contribution in [2.75, 3.05) is 33.4 Å². The summed E-state index contributed by atoms with van der Waals surface area (Å²) in [6.45, 7) is 2.21. The van der Waals surface area contributed by atoms with Gasteiger partial charge in [-0.3, -0.25) is 14.4 Å². The standard InChI is InChI=1S/C20H34N2O3.C7H10O2.CH4O/c1-3-4-5-7-10-18(24)21-14-9-6-8-11-19(25)22-15-12-20(2,17-23)13-16-22;1-2-3-4-5-6-7(8)9;1-2/h1,23H,4-17H2,2H3,(H,21,24);1H,3-6H2,(H,8,9);2H,1H3/i2T;;2T. The Kier molecular flexibility index (Phi) is 21.1. The molecule has 0 saturated carbocycles. The van der Waals surface area contributed by atoms with E-state index < -0.39 is 5.97 Å². The summed E-state index contributed by atoms with van der Waals surface area (Å²) in [5.74, 6) is 4.52. The molecule has 4 N–H and O–H groups in total. The number of carboxylic acids is 1. The van der Waals surface area contributed by atoms with Gasteiger partial charge in [0.15, 0.2) is 0 Å². The molecule has 0 atom stereocenters. The summed E-state index contributed by atoms with van der Waals surface area (Å²) in [4.78, 5) is 35.6. The van der Waals surface area contributed by atoms with E-state index >= 15 is 0 Å². The Morgan fingerprint density at radius 1 is 0.972 bits per heavy atom. The molecule has 0 aromatic heterocycles. The smallest absolute Gasteiger partial charge is 0.303 e. The first-order valence-corrected chi connectivity index (χ1v) is 12.8. The van der Waals surface area contributed by atoms with Gasteiger partial charge in [0.05, 0.1) is 0 Å². The summed E-state index contributed by atoms with van der Waals surface area (Å²) in [5.41, 5.74) is -0.310. The number of terminal acetylenes is 2. The highest BCUT2D eigenvalue weighted by atomic mass is 16.4. The second kappa shape index (κ2) is 24.2. The van der Waals surface area contributed by atoms with Crippen molar-refractivity contribution in [3.63, 3.8) is 0 Å². The first-order chi connectivity index (χ1) is 18.2. The lowest BCUT2D eigenvalue weighted by Crippen LogP contribution is -2.43. The van der Waals surface area contributed by atoms with E-state index in [1.54, 1.807) is 0 Å². The van der Waals surface area contributed by atoms with E-state index in [4.69, 9.17) is 20.8 Å². The molecule has 0 aliphatic carbocycles. The van der Waals surface area contributed by atoms with Crippen LogP contribution in [0.25, 0.3) is 0 Å². The first kappa shape index (κ1) is 31.5. The van der Waals surface area contributed by atoms with Crippen molar-refractivity contribution in [3.05, 3.63) is 0 Å². The van der Waals surface area contributed by atoms with Gasteiger partial charge in [-0.2, -0.15) is 0 Å². The van der Waals surface area contributed by atoms with Crippen LogP contribution in [0.2, 0.25) is 0 Å². The SMILES string of the molecule is C#CCCCCC(=O)O.[3H]CC1(CO)CCN(C(=O)CCCCCNC(=O)CCCCC#C)CC1.[3H]OC. The van der Waals surface area contributed by atoms with Crippen molar-refractivity contribution < 1.29 is 31.1 Å². The summed E-state index contributed by atoms with van der Waals surface area (Å²) in [6.07, 6.45) is 20.1. The lowest BCUT2D eigenvalue weighted by atomic mass is 9.81. The zero-order valence-electron chi connectivity index (χ0n) is 24.1. The Morgan fingerprint density at radius 2 is 1.53 bits per heavy atom. The quantitative estimate of drug-likeness (QED) is 0.197. The van der Waals surface area contributed by atoms with Gasteiger partial charge in [-0.05, 0) is 56.8 Å². The summed E-state index contributed by atoms with van der Waals surface area (Å²) in [5, 5.41) is 24.0. The van der Waals surface area contributed by atoms with Crippen LogP contribution in [0.5, 0.6) is 0 Å². The molecular weight excluding hydrogens is 460 g/mol. The summed E-state index contributed by atoms with van der Waals surface area (Å²) in [7, 11) is 1.29. The van der Waals surface area contributed by atoms with Crippen LogP contribution in [-0.2, 0) is 14.4 Å². The van der Waals surface area contributed by atoms with Gasteiger partial charge in [-0.25, -0.2) is 0 Å². The second-order valence-electron chi connectivity index (χ2n) is 8.92. The Morgan fingerprint density at radius 3 is 2.03 bits per heavy atom. The van der Waals surface area contributed by atoms with Crippen LogP contribution < -0.4 is 5.32 Å². The molecule has 206 valence electrons. The first-order valence-electron chi connectivity index (χ1n) is 13.9. The minimum absolute atomic E-state index is 0.0359. The molecule has 36 heavy (non-hydrogen) atoms. The van der Waals surface area contributed by atoms with Crippen LogP contribution in [0.3, 0.4) is 0 Å². The van der Waals surface area contributed by atoms with Gasteiger partial charge in [-0.15, -0.1) is 24.7 Å². The number of carbonyl (C=O) groups is 3. The third-order valence-corrected chi connectivity index (χ3v) is 5.84. The number of aliphatic hydroxyl groups is 2. The second-order valence-corrected chi connectivity index (χ2v) is 8.92. The van der Waals surface area contributed by atoms with Crippen molar-refractivity contribution in [1.82, 2.24) is 10.2 Å². The summed E-state index contributed by atoms with van der Waals surface area (Å²) < 4.78 is 13.3. The fraction of sp³-hybridized carbons (Fsp3) is 0.750. The minimum atomic E-state index is -0.743. The number of nitrogens with zero attached hydrogens (tertiary/aromatic N) is 1. The van der Waals surface area contributed by atoms with E-state index in [-0.39, 0.29) is 37.2 Å². The maximum atomic E-state index is 12.2. The zero-order valence-corrected chi connectivity index (χ0v) is 22.1. The lowest BCUT2D eigenvalue weighted by molar-refractivity contribution is -0.137. The van der Waals surface area contributed by atoms with Crippen LogP contribution in [0.4, 0.5) is 0 Å². The van der Waals surface area contributed by atoms with E-state index in [2.05, 4.69) is 22.3 Å². The van der Waals surface area contributed by atoms with E-state index in [0.717, 1.165) is 44.9 Å². The van der Waals surface area contributed by atoms with E-state index in [1.807, 2.05) is 4.90 Å². The maximum absolute atomic E-state index is 12.2. The Balaban J connectivity index is 0. The molecule has 0 unspecified atom stereocenters. The molecule has 0 radical (unpaired) electrons. The average Bonchev–Trinajstić information content (AvgIpc) is 2.91. The average molecular weight is 513 g/mol. The van der Waals surface area contributed by atoms with Gasteiger partial charge in [0.1, 0.15) is 0 Å². The molecule has 1 heterocycles. The number of likely N-dealkylation sites (tertiary alicyclic amines) is 1. The van der Waals surface area contributed by atoms with Gasteiger partial charge in [0.25, 0.3) is 0 Å². The number of aliphatic hydroxyl groups excluding tert-OH is 2. The van der Waals surface area contributed by atoms with Gasteiger partial charge in [-0.1, -0.05) is 13.3 Å². The van der Waals surface area contributed by atoms with Crippen LogP contribution in [0.15, 0.2) is 0 Å². The van der Waals surface area contributed by atoms with Crippen LogP contribution in [-0.4, -0.2) is 72.8 Å². The topological polar surface area (TPSA) is 127 Å². The van der Waals surface area contributed by atoms with Gasteiger partial charge in [0, 0.05) is 66.8 Å². The van der Waals surface area contributed by atoms with E-state index in [1.165, 1.54) is 7.11 Å². The van der Waals surface area contributed by atoms with Crippen LogP contribution in [0, 0.1) is 30.1 Å². The summed E-state index contributed by atoms with van der Waals surface area (Å²) in [6, 6.07) is 0. The number of unbranched alkanes of at least 4 members (excludes halogenated alkanes) is 6. The fourth-order valence-corrected chi connectivity index (χ4v) is 3.46. The predicted octanol–water partition coefficient (Wildman–Crippen LogP) is 3.35. The van der Waals surface area contributed by atoms with Crippen molar-refractivity contribution in [1.29, 1.82) is 1.43 Å². The highest BCUT2D eigenvalue weighted by molar-refractivity contribution is 5.76. The fourth-order valence-electron chi connectivity index (χ4n) is 3.46. The largest absolute Gasteiger partial charge is 0.481 e. The predicted molar refractivity (Wildman–Crippen MR) is 143 cm³/mol. The number of hydrogen-bond acceptors (Lipinski definition) is 5. The molecule has 1 rings (SSSR count). The lowest BCUT2D eigenvalue weighted by Gasteiger charge is -2.38. The number of carboxylic acid groups (broad SMARTS) is 1. The minimum Gasteiger partial charge on any atom is -0.481 e. The molecule has 0 spiro atoms. The van der Waals surface area contributed by atoms with Crippen molar-refractivity contribution in [2.45, 2.75) is 96.8 Å². The van der Waals surface area contributed by atoms with Gasteiger partial charge >= 0.3 is 5.97 Å². The zero-order chi connectivity index (χ0) is 29.1. The van der Waals surface area contributed by atoms with Crippen molar-refractivity contribution in [3.8, 4) is 24.7 Å². The monoisotopic (exact) mass is 512 g/mol. The molecule has 1 saturated heterocycles. The number of carbonyl (C=O) groups excluding carboxylic acids is 2. The third-order valence-electron chi connectivity index (χ3n) is 5.84. The molecule has 0 aromatic carbocycles. The Hall–Kier alpha value is -2.55. The Labute approximate surface area is 221 Å². The van der Waals surface area contributed by atoms with Crippen LogP contribution in [0.1, 0.15) is 98.2 Å². The number of piperidine rings is 1. The highest BCUT2D eigenvalue weighted by Gasteiger charge is 2.30. The highest BCUT2D eigenvalue weighted by Crippen LogP contribution is 2.30. The van der Waals surface area contributed by atoms with Crippen molar-refractivity contribution in [2.24, 2.45) is 5.41 Å².